The number of carbonyl (C=O) groups excluding carboxylic acids is 1. The lowest BCUT2D eigenvalue weighted by Crippen LogP contribution is -2.34. The molecule has 0 aliphatic carbocycles. The molecule has 3 aromatic rings. The Morgan fingerprint density at radius 3 is 2.62 bits per heavy atom. The van der Waals surface area contributed by atoms with E-state index in [-0.39, 0.29) is 18.4 Å². The van der Waals surface area contributed by atoms with E-state index in [1.54, 1.807) is 25.6 Å². The van der Waals surface area contributed by atoms with E-state index in [0.717, 1.165) is 16.3 Å². The molecule has 1 aromatic carbocycles. The molecule has 0 radical (unpaired) electrons. The van der Waals surface area contributed by atoms with Gasteiger partial charge in [-0.05, 0) is 43.7 Å². The molecule has 3 rings (SSSR count). The van der Waals surface area contributed by atoms with Gasteiger partial charge in [0.05, 0.1) is 32.4 Å². The lowest BCUT2D eigenvalue weighted by atomic mass is 10.2. The Balaban J connectivity index is 1.62. The summed E-state index contributed by atoms with van der Waals surface area (Å²) in [5.41, 5.74) is 1.69. The Hall–Kier alpha value is -2.42. The van der Waals surface area contributed by atoms with E-state index >= 15 is 0 Å². The number of likely N-dealkylation sites (N-methyl/N-ethyl adjacent to an activating group) is 1. The summed E-state index contributed by atoms with van der Waals surface area (Å²) in [6.45, 7) is 0.568. The van der Waals surface area contributed by atoms with Gasteiger partial charge in [-0.15, -0.1) is 22.7 Å². The maximum Gasteiger partial charge on any atom is 0.226 e. The summed E-state index contributed by atoms with van der Waals surface area (Å²) in [5.74, 6) is 1.30. The van der Waals surface area contributed by atoms with Gasteiger partial charge in [0, 0.05) is 22.4 Å². The first-order chi connectivity index (χ1) is 14.0. The molecule has 1 atom stereocenters. The fourth-order valence-electron chi connectivity index (χ4n) is 2.95. The average Bonchev–Trinajstić information content (AvgIpc) is 3.40. The third-order valence-electron chi connectivity index (χ3n) is 4.51. The van der Waals surface area contributed by atoms with Crippen molar-refractivity contribution in [2.24, 2.45) is 0 Å². The van der Waals surface area contributed by atoms with E-state index in [2.05, 4.69) is 26.6 Å². The first-order valence-electron chi connectivity index (χ1n) is 9.15. The fraction of sp³-hybridized carbons (Fsp3) is 0.333. The van der Waals surface area contributed by atoms with Crippen LogP contribution in [0.15, 0.2) is 41.1 Å². The number of amides is 1. The summed E-state index contributed by atoms with van der Waals surface area (Å²) in [7, 11) is 7.26. The molecule has 0 saturated heterocycles. The smallest absolute Gasteiger partial charge is 0.226 e. The number of hydrogen-bond acceptors (Lipinski definition) is 7. The number of methoxy groups -OCH3 is 2. The monoisotopic (exact) mass is 431 g/mol. The van der Waals surface area contributed by atoms with E-state index in [1.807, 2.05) is 43.7 Å². The van der Waals surface area contributed by atoms with Gasteiger partial charge >= 0.3 is 0 Å². The number of hydrogen-bond donors (Lipinski definition) is 1. The van der Waals surface area contributed by atoms with Crippen molar-refractivity contribution in [1.29, 1.82) is 0 Å². The third kappa shape index (κ3) is 5.35. The molecule has 2 heterocycles. The topological polar surface area (TPSA) is 63.7 Å². The van der Waals surface area contributed by atoms with Gasteiger partial charge in [0.15, 0.2) is 11.5 Å². The second-order valence-electron chi connectivity index (χ2n) is 6.69. The first kappa shape index (κ1) is 21.3. The van der Waals surface area contributed by atoms with Gasteiger partial charge in [-0.25, -0.2) is 4.98 Å². The molecule has 2 aromatic heterocycles. The maximum atomic E-state index is 12.4. The zero-order valence-electron chi connectivity index (χ0n) is 17.0. The average molecular weight is 432 g/mol. The van der Waals surface area contributed by atoms with Gasteiger partial charge in [0.25, 0.3) is 0 Å². The zero-order chi connectivity index (χ0) is 20.8. The SMILES string of the molecule is COc1ccc(-c2nc(CC(=O)NCC(c3cccs3)N(C)C)cs2)cc1OC. The number of rotatable bonds is 9. The molecule has 0 spiro atoms. The summed E-state index contributed by atoms with van der Waals surface area (Å²) in [5, 5.41) is 7.86. The van der Waals surface area contributed by atoms with Crippen molar-refractivity contribution in [3.8, 4) is 22.1 Å². The van der Waals surface area contributed by atoms with E-state index in [0.29, 0.717) is 18.0 Å². The van der Waals surface area contributed by atoms with Crippen molar-refractivity contribution in [3.05, 3.63) is 51.7 Å². The number of ether oxygens (including phenoxy) is 2. The molecular weight excluding hydrogens is 406 g/mol. The lowest BCUT2D eigenvalue weighted by molar-refractivity contribution is -0.120. The molecule has 1 amide bonds. The van der Waals surface area contributed by atoms with Gasteiger partial charge in [-0.1, -0.05) is 6.07 Å². The molecule has 0 aliphatic heterocycles. The third-order valence-corrected chi connectivity index (χ3v) is 6.43. The zero-order valence-corrected chi connectivity index (χ0v) is 18.6. The number of aromatic nitrogens is 1. The highest BCUT2D eigenvalue weighted by Gasteiger charge is 2.17. The molecule has 1 N–H and O–H groups in total. The van der Waals surface area contributed by atoms with Crippen LogP contribution in [-0.2, 0) is 11.2 Å². The fourth-order valence-corrected chi connectivity index (χ4v) is 4.69. The minimum absolute atomic E-state index is 0.0300. The Bertz CT molecular complexity index is 939. The maximum absolute atomic E-state index is 12.4. The van der Waals surface area contributed by atoms with Crippen molar-refractivity contribution in [3.63, 3.8) is 0 Å². The summed E-state index contributed by atoms with van der Waals surface area (Å²) < 4.78 is 10.6. The molecule has 8 heteroatoms. The summed E-state index contributed by atoms with van der Waals surface area (Å²) in [6, 6.07) is 9.97. The minimum Gasteiger partial charge on any atom is -0.493 e. The number of nitrogens with one attached hydrogen (secondary N) is 1. The number of thiazole rings is 1. The van der Waals surface area contributed by atoms with Crippen LogP contribution in [0.4, 0.5) is 0 Å². The van der Waals surface area contributed by atoms with Crippen molar-refractivity contribution in [1.82, 2.24) is 15.2 Å². The summed E-state index contributed by atoms with van der Waals surface area (Å²) in [4.78, 5) is 20.4. The molecule has 0 bridgehead atoms. The lowest BCUT2D eigenvalue weighted by Gasteiger charge is -2.23. The van der Waals surface area contributed by atoms with Crippen LogP contribution in [0.25, 0.3) is 10.6 Å². The Labute approximate surface area is 179 Å². The van der Waals surface area contributed by atoms with Gasteiger partial charge in [-0.2, -0.15) is 0 Å². The molecule has 29 heavy (non-hydrogen) atoms. The van der Waals surface area contributed by atoms with E-state index in [9.17, 15) is 4.79 Å². The second kappa shape index (κ2) is 9.87. The van der Waals surface area contributed by atoms with Crippen molar-refractivity contribution >= 4 is 28.6 Å². The van der Waals surface area contributed by atoms with Crippen LogP contribution in [0.1, 0.15) is 16.6 Å². The highest BCUT2D eigenvalue weighted by atomic mass is 32.1. The number of thiophene rings is 1. The normalized spacial score (nSPS) is 12.0. The summed E-state index contributed by atoms with van der Waals surface area (Å²) in [6.07, 6.45) is 0.258. The van der Waals surface area contributed by atoms with Gasteiger partial charge in [0.2, 0.25) is 5.91 Å². The Morgan fingerprint density at radius 2 is 1.97 bits per heavy atom. The quantitative estimate of drug-likeness (QED) is 0.558. The van der Waals surface area contributed by atoms with Crippen LogP contribution < -0.4 is 14.8 Å². The highest BCUT2D eigenvalue weighted by Crippen LogP contribution is 2.33. The number of carbonyl (C=O) groups is 1. The van der Waals surface area contributed by atoms with Gasteiger partial charge < -0.3 is 19.7 Å². The van der Waals surface area contributed by atoms with E-state index in [4.69, 9.17) is 9.47 Å². The van der Waals surface area contributed by atoms with Crippen LogP contribution in [0, 0.1) is 0 Å². The van der Waals surface area contributed by atoms with Crippen LogP contribution in [-0.4, -0.2) is 50.7 Å². The van der Waals surface area contributed by atoms with E-state index in [1.165, 1.54) is 16.2 Å². The summed E-state index contributed by atoms with van der Waals surface area (Å²) >= 11 is 3.21. The largest absolute Gasteiger partial charge is 0.493 e. The van der Waals surface area contributed by atoms with Gasteiger partial charge in [0.1, 0.15) is 5.01 Å². The first-order valence-corrected chi connectivity index (χ1v) is 10.9. The van der Waals surface area contributed by atoms with Gasteiger partial charge in [-0.3, -0.25) is 4.79 Å². The molecule has 154 valence electrons. The number of nitrogens with zero attached hydrogens (tertiary/aromatic N) is 2. The Kier molecular flexibility index (Phi) is 7.24. The Morgan fingerprint density at radius 1 is 1.17 bits per heavy atom. The number of benzene rings is 1. The van der Waals surface area contributed by atoms with Crippen molar-refractivity contribution in [2.45, 2.75) is 12.5 Å². The van der Waals surface area contributed by atoms with Crippen LogP contribution in [0.3, 0.4) is 0 Å². The standard InChI is InChI=1S/C21H25N3O3S2/c1-24(2)16(19-6-5-9-28-19)12-22-20(25)11-15-13-29-21(23-15)14-7-8-17(26-3)18(10-14)27-4/h5-10,13,16H,11-12H2,1-4H3,(H,22,25). The van der Waals surface area contributed by atoms with Crippen molar-refractivity contribution in [2.75, 3.05) is 34.9 Å². The predicted octanol–water partition coefficient (Wildman–Crippen LogP) is 3.85. The highest BCUT2D eigenvalue weighted by molar-refractivity contribution is 7.13. The van der Waals surface area contributed by atoms with E-state index < -0.39 is 0 Å². The molecule has 0 saturated carbocycles. The molecular formula is C21H25N3O3S2. The predicted molar refractivity (Wildman–Crippen MR) is 118 cm³/mol. The molecule has 0 fully saturated rings. The molecule has 1 unspecified atom stereocenters. The minimum atomic E-state index is -0.0300. The van der Waals surface area contributed by atoms with Crippen LogP contribution in [0.5, 0.6) is 11.5 Å². The van der Waals surface area contributed by atoms with Crippen LogP contribution in [0.2, 0.25) is 0 Å². The van der Waals surface area contributed by atoms with Crippen molar-refractivity contribution < 1.29 is 14.3 Å². The second-order valence-corrected chi connectivity index (χ2v) is 8.53. The molecule has 0 aliphatic rings. The van der Waals surface area contributed by atoms with Crippen LogP contribution >= 0.6 is 22.7 Å². The molecule has 6 nitrogen and oxygen atoms in total.